The minimum Gasteiger partial charge on any atom is -0.382 e. The van der Waals surface area contributed by atoms with E-state index in [9.17, 15) is 13.2 Å². The summed E-state index contributed by atoms with van der Waals surface area (Å²) >= 11 is 5.33. The number of anilines is 1. The Kier molecular flexibility index (Phi) is 3.68. The zero-order valence-electron chi connectivity index (χ0n) is 9.47. The molecule has 0 aromatic carbocycles. The van der Waals surface area contributed by atoms with E-state index in [1.54, 1.807) is 0 Å². The molecule has 7 heteroatoms. The van der Waals surface area contributed by atoms with Crippen LogP contribution in [0.5, 0.6) is 0 Å². The SMILES string of the molecule is C1NCC2CC12.Nc1ncc(C(F)(F)F)cc1Cl. The van der Waals surface area contributed by atoms with Gasteiger partial charge in [0.1, 0.15) is 5.82 Å². The van der Waals surface area contributed by atoms with E-state index in [1.165, 1.54) is 19.5 Å². The fourth-order valence-electron chi connectivity index (χ4n) is 1.87. The second-order valence-electron chi connectivity index (χ2n) is 4.50. The number of fused-ring (bicyclic) bond motifs is 1. The van der Waals surface area contributed by atoms with Gasteiger partial charge in [0, 0.05) is 6.20 Å². The molecule has 1 aliphatic carbocycles. The highest BCUT2D eigenvalue weighted by atomic mass is 35.5. The summed E-state index contributed by atoms with van der Waals surface area (Å²) in [6.45, 7) is 2.62. The van der Waals surface area contributed by atoms with Crippen LogP contribution in [-0.4, -0.2) is 18.1 Å². The number of aromatic nitrogens is 1. The number of halogens is 4. The Morgan fingerprint density at radius 3 is 2.28 bits per heavy atom. The van der Waals surface area contributed by atoms with Crippen molar-refractivity contribution in [1.82, 2.24) is 10.3 Å². The Hall–Kier alpha value is -1.01. The molecule has 1 aliphatic heterocycles. The maximum atomic E-state index is 12.0. The molecule has 0 radical (unpaired) electrons. The van der Waals surface area contributed by atoms with E-state index in [0.29, 0.717) is 6.20 Å². The van der Waals surface area contributed by atoms with Crippen LogP contribution in [-0.2, 0) is 6.18 Å². The summed E-state index contributed by atoms with van der Waals surface area (Å²) < 4.78 is 35.9. The van der Waals surface area contributed by atoms with Gasteiger partial charge in [-0.3, -0.25) is 0 Å². The second-order valence-corrected chi connectivity index (χ2v) is 4.91. The first-order valence-electron chi connectivity index (χ1n) is 5.57. The predicted molar refractivity (Wildman–Crippen MR) is 63.1 cm³/mol. The monoisotopic (exact) mass is 279 g/mol. The quantitative estimate of drug-likeness (QED) is 0.767. The van der Waals surface area contributed by atoms with Gasteiger partial charge in [0.25, 0.3) is 0 Å². The Labute approximate surface area is 108 Å². The highest BCUT2D eigenvalue weighted by Crippen LogP contribution is 2.40. The van der Waals surface area contributed by atoms with Crippen LogP contribution in [0.1, 0.15) is 12.0 Å². The molecule has 1 saturated carbocycles. The van der Waals surface area contributed by atoms with E-state index in [-0.39, 0.29) is 10.8 Å². The van der Waals surface area contributed by atoms with Crippen molar-refractivity contribution in [1.29, 1.82) is 0 Å². The van der Waals surface area contributed by atoms with E-state index in [1.807, 2.05) is 0 Å². The first-order chi connectivity index (χ1) is 8.38. The van der Waals surface area contributed by atoms with Gasteiger partial charge in [-0.05, 0) is 37.4 Å². The first-order valence-corrected chi connectivity index (χ1v) is 5.94. The zero-order chi connectivity index (χ0) is 13.3. The molecule has 1 saturated heterocycles. The average Bonchev–Trinajstić information content (AvgIpc) is 2.89. The lowest BCUT2D eigenvalue weighted by Crippen LogP contribution is -2.10. The first kappa shape index (κ1) is 13.4. The lowest BCUT2D eigenvalue weighted by Gasteiger charge is -2.06. The van der Waals surface area contributed by atoms with Crippen molar-refractivity contribution in [2.75, 3.05) is 18.8 Å². The molecule has 3 rings (SSSR count). The molecule has 2 heterocycles. The van der Waals surface area contributed by atoms with Gasteiger partial charge in [0.2, 0.25) is 0 Å². The summed E-state index contributed by atoms with van der Waals surface area (Å²) in [7, 11) is 0. The second kappa shape index (κ2) is 4.93. The Bertz CT molecular complexity index is 428. The normalized spacial score (nSPS) is 25.1. The van der Waals surface area contributed by atoms with E-state index in [4.69, 9.17) is 17.3 Å². The summed E-state index contributed by atoms with van der Waals surface area (Å²) in [6.07, 6.45) is -2.27. The molecule has 100 valence electrons. The number of rotatable bonds is 0. The van der Waals surface area contributed by atoms with Crippen LogP contribution < -0.4 is 11.1 Å². The van der Waals surface area contributed by atoms with Gasteiger partial charge in [0.05, 0.1) is 10.6 Å². The summed E-state index contributed by atoms with van der Waals surface area (Å²) in [5.41, 5.74) is 4.22. The Morgan fingerprint density at radius 2 is 1.94 bits per heavy atom. The van der Waals surface area contributed by atoms with Crippen LogP contribution in [0.2, 0.25) is 5.02 Å². The van der Waals surface area contributed by atoms with Gasteiger partial charge in [-0.1, -0.05) is 11.6 Å². The van der Waals surface area contributed by atoms with E-state index in [2.05, 4.69) is 10.3 Å². The topological polar surface area (TPSA) is 50.9 Å². The zero-order valence-corrected chi connectivity index (χ0v) is 10.2. The average molecular weight is 280 g/mol. The van der Waals surface area contributed by atoms with Gasteiger partial charge in [-0.2, -0.15) is 13.2 Å². The Morgan fingerprint density at radius 1 is 1.33 bits per heavy atom. The van der Waals surface area contributed by atoms with Crippen LogP contribution in [0.15, 0.2) is 12.3 Å². The predicted octanol–water partition coefficient (Wildman–Crippen LogP) is 2.56. The standard InChI is InChI=1S/C6H4ClF3N2.C5H9N/c7-4-1-3(6(8,9)10)2-12-5(4)11;1-4-2-6-3-5(1)4/h1-2H,(H2,11,12);4-6H,1-3H2. The largest absolute Gasteiger partial charge is 0.417 e. The van der Waals surface area contributed by atoms with Crippen molar-refractivity contribution in [3.05, 3.63) is 22.8 Å². The molecule has 2 atom stereocenters. The minimum absolute atomic E-state index is 0.107. The summed E-state index contributed by atoms with van der Waals surface area (Å²) in [5.74, 6) is 2.10. The molecule has 1 aromatic rings. The number of nitrogens with zero attached hydrogens (tertiary/aromatic N) is 1. The third-order valence-electron chi connectivity index (χ3n) is 3.08. The van der Waals surface area contributed by atoms with Crippen LogP contribution >= 0.6 is 11.6 Å². The number of hydrogen-bond acceptors (Lipinski definition) is 3. The van der Waals surface area contributed by atoms with Crippen LogP contribution in [0.4, 0.5) is 19.0 Å². The number of alkyl halides is 3. The van der Waals surface area contributed by atoms with Crippen LogP contribution in [0.25, 0.3) is 0 Å². The van der Waals surface area contributed by atoms with Crippen LogP contribution in [0.3, 0.4) is 0 Å². The molecule has 2 fully saturated rings. The molecule has 0 bridgehead atoms. The number of nitrogen functional groups attached to an aromatic ring is 1. The molecule has 18 heavy (non-hydrogen) atoms. The summed E-state index contributed by atoms with van der Waals surface area (Å²) in [5, 5.41) is 3.13. The van der Waals surface area contributed by atoms with E-state index < -0.39 is 11.7 Å². The van der Waals surface area contributed by atoms with Gasteiger partial charge in [-0.15, -0.1) is 0 Å². The number of hydrogen-bond donors (Lipinski definition) is 2. The number of piperidine rings is 1. The molecule has 3 N–H and O–H groups in total. The number of pyridine rings is 1. The number of nitrogens with two attached hydrogens (primary N) is 1. The molecule has 0 amide bonds. The van der Waals surface area contributed by atoms with Gasteiger partial charge in [-0.25, -0.2) is 4.98 Å². The lowest BCUT2D eigenvalue weighted by atomic mass is 10.3. The molecule has 1 aromatic heterocycles. The summed E-state index contributed by atoms with van der Waals surface area (Å²) in [6, 6.07) is 0.740. The molecular weight excluding hydrogens is 267 g/mol. The number of nitrogens with one attached hydrogen (secondary N) is 1. The molecule has 2 aliphatic rings. The van der Waals surface area contributed by atoms with Crippen molar-refractivity contribution >= 4 is 17.4 Å². The maximum Gasteiger partial charge on any atom is 0.417 e. The van der Waals surface area contributed by atoms with Crippen LogP contribution in [0, 0.1) is 11.8 Å². The molecular formula is C11H13ClF3N3. The van der Waals surface area contributed by atoms with Gasteiger partial charge in [0.15, 0.2) is 0 Å². The van der Waals surface area contributed by atoms with Gasteiger partial charge < -0.3 is 11.1 Å². The Balaban J connectivity index is 0.000000164. The van der Waals surface area contributed by atoms with Crippen molar-refractivity contribution in [3.63, 3.8) is 0 Å². The molecule has 3 nitrogen and oxygen atoms in total. The highest BCUT2D eigenvalue weighted by Gasteiger charge is 2.40. The smallest absolute Gasteiger partial charge is 0.382 e. The van der Waals surface area contributed by atoms with Gasteiger partial charge >= 0.3 is 6.18 Å². The van der Waals surface area contributed by atoms with Crippen molar-refractivity contribution < 1.29 is 13.2 Å². The van der Waals surface area contributed by atoms with E-state index in [0.717, 1.165) is 17.9 Å². The van der Waals surface area contributed by atoms with Crippen molar-refractivity contribution in [3.8, 4) is 0 Å². The lowest BCUT2D eigenvalue weighted by molar-refractivity contribution is -0.137. The van der Waals surface area contributed by atoms with Crippen molar-refractivity contribution in [2.24, 2.45) is 11.8 Å². The highest BCUT2D eigenvalue weighted by molar-refractivity contribution is 6.32. The minimum atomic E-state index is -4.43. The third kappa shape index (κ3) is 3.26. The third-order valence-corrected chi connectivity index (χ3v) is 3.38. The fourth-order valence-corrected chi connectivity index (χ4v) is 2.03. The van der Waals surface area contributed by atoms with Crippen molar-refractivity contribution in [2.45, 2.75) is 12.6 Å². The summed E-state index contributed by atoms with van der Waals surface area (Å²) in [4.78, 5) is 3.27. The van der Waals surface area contributed by atoms with E-state index >= 15 is 0 Å². The fraction of sp³-hybridized carbons (Fsp3) is 0.545. The maximum absolute atomic E-state index is 12.0. The molecule has 2 unspecified atom stereocenters. The molecule has 0 spiro atoms.